The molecule has 1 aromatic heterocycles. The molecule has 2 nitrogen and oxygen atoms in total. The first-order valence-corrected chi connectivity index (χ1v) is 12.0. The van der Waals surface area contributed by atoms with E-state index < -0.39 is 0 Å². The van der Waals surface area contributed by atoms with Crippen LogP contribution < -0.4 is 9.47 Å². The molecule has 0 aliphatic rings. The Morgan fingerprint density at radius 3 is 1.78 bits per heavy atom. The van der Waals surface area contributed by atoms with Crippen molar-refractivity contribution < 1.29 is 9.47 Å². The van der Waals surface area contributed by atoms with E-state index in [1.165, 1.54) is 74.3 Å². The highest BCUT2D eigenvalue weighted by atomic mass is 32.1. The third-order valence-corrected chi connectivity index (χ3v) is 5.98. The Morgan fingerprint density at radius 1 is 0.630 bits per heavy atom. The first kappa shape index (κ1) is 22.1. The summed E-state index contributed by atoms with van der Waals surface area (Å²) in [6.45, 7) is 6.15. The maximum atomic E-state index is 6.07. The van der Waals surface area contributed by atoms with Crippen molar-refractivity contribution >= 4 is 21.4 Å². The second-order valence-corrected chi connectivity index (χ2v) is 8.37. The normalized spacial score (nSPS) is 11.2. The Hall–Kier alpha value is -1.22. The molecule has 1 heterocycles. The Kier molecular flexibility index (Phi) is 11.3. The summed E-state index contributed by atoms with van der Waals surface area (Å²) in [7, 11) is 0. The lowest BCUT2D eigenvalue weighted by Gasteiger charge is -2.11. The minimum absolute atomic E-state index is 0.815. The van der Waals surface area contributed by atoms with Gasteiger partial charge in [0.15, 0.2) is 0 Å². The van der Waals surface area contributed by atoms with Crippen molar-refractivity contribution in [1.82, 2.24) is 0 Å². The SMILES string of the molecule is CCCCCCCCOc1ccc(OCCCCCCCC)c2sccc12. The van der Waals surface area contributed by atoms with Gasteiger partial charge >= 0.3 is 0 Å². The summed E-state index contributed by atoms with van der Waals surface area (Å²) >= 11 is 1.75. The molecule has 0 spiro atoms. The number of unbranched alkanes of at least 4 members (excludes halogenated alkanes) is 10. The maximum absolute atomic E-state index is 6.07. The van der Waals surface area contributed by atoms with Crippen LogP contribution in [-0.2, 0) is 0 Å². The lowest BCUT2D eigenvalue weighted by Crippen LogP contribution is -2.00. The molecule has 3 heteroatoms. The Balaban J connectivity index is 1.73. The molecular formula is C24H38O2S. The average molecular weight is 391 g/mol. The highest BCUT2D eigenvalue weighted by molar-refractivity contribution is 7.17. The molecule has 0 radical (unpaired) electrons. The highest BCUT2D eigenvalue weighted by Crippen LogP contribution is 2.37. The van der Waals surface area contributed by atoms with Crippen LogP contribution in [0.25, 0.3) is 10.1 Å². The van der Waals surface area contributed by atoms with Crippen molar-refractivity contribution in [3.05, 3.63) is 23.6 Å². The smallest absolute Gasteiger partial charge is 0.137 e. The van der Waals surface area contributed by atoms with Crippen molar-refractivity contribution in [2.45, 2.75) is 90.9 Å². The minimum atomic E-state index is 0.815. The number of hydrogen-bond acceptors (Lipinski definition) is 3. The summed E-state index contributed by atoms with van der Waals surface area (Å²) < 4.78 is 13.4. The van der Waals surface area contributed by atoms with Gasteiger partial charge < -0.3 is 9.47 Å². The van der Waals surface area contributed by atoms with Gasteiger partial charge in [0.25, 0.3) is 0 Å². The van der Waals surface area contributed by atoms with Crippen LogP contribution in [0.3, 0.4) is 0 Å². The van der Waals surface area contributed by atoms with E-state index in [2.05, 4.69) is 37.4 Å². The van der Waals surface area contributed by atoms with Crippen molar-refractivity contribution in [1.29, 1.82) is 0 Å². The fourth-order valence-electron chi connectivity index (χ4n) is 3.38. The van der Waals surface area contributed by atoms with Crippen LogP contribution in [0.1, 0.15) is 90.9 Å². The van der Waals surface area contributed by atoms with Crippen LogP contribution in [0.4, 0.5) is 0 Å². The third kappa shape index (κ3) is 8.13. The molecule has 0 unspecified atom stereocenters. The zero-order valence-corrected chi connectivity index (χ0v) is 18.3. The van der Waals surface area contributed by atoms with E-state index in [4.69, 9.17) is 9.47 Å². The summed E-state index contributed by atoms with van der Waals surface area (Å²) in [4.78, 5) is 0. The second-order valence-electron chi connectivity index (χ2n) is 7.46. The van der Waals surface area contributed by atoms with Crippen LogP contribution in [0.15, 0.2) is 23.6 Å². The van der Waals surface area contributed by atoms with E-state index in [1.54, 1.807) is 11.3 Å². The lowest BCUT2D eigenvalue weighted by atomic mass is 10.1. The quantitative estimate of drug-likeness (QED) is 0.268. The first-order valence-electron chi connectivity index (χ1n) is 11.1. The number of rotatable bonds is 16. The molecule has 0 fully saturated rings. The number of ether oxygens (including phenoxy) is 2. The van der Waals surface area contributed by atoms with E-state index in [-0.39, 0.29) is 0 Å². The van der Waals surface area contributed by atoms with E-state index in [1.807, 2.05) is 0 Å². The van der Waals surface area contributed by atoms with Gasteiger partial charge in [0, 0.05) is 5.39 Å². The molecule has 0 saturated heterocycles. The molecule has 0 atom stereocenters. The molecule has 0 aliphatic carbocycles. The Labute approximate surface area is 170 Å². The summed E-state index contributed by atoms with van der Waals surface area (Å²) in [5.41, 5.74) is 0. The number of benzene rings is 1. The predicted octanol–water partition coefficient (Wildman–Crippen LogP) is 8.38. The largest absolute Gasteiger partial charge is 0.493 e. The van der Waals surface area contributed by atoms with E-state index in [0.717, 1.165) is 37.6 Å². The molecule has 152 valence electrons. The number of fused-ring (bicyclic) bond motifs is 1. The molecule has 0 saturated carbocycles. The van der Waals surface area contributed by atoms with Crippen LogP contribution in [0.5, 0.6) is 11.5 Å². The summed E-state index contributed by atoms with van der Waals surface area (Å²) in [6, 6.07) is 6.34. The molecule has 0 N–H and O–H groups in total. The van der Waals surface area contributed by atoms with Gasteiger partial charge in [0.05, 0.1) is 17.9 Å². The molecule has 0 amide bonds. The number of hydrogen-bond donors (Lipinski definition) is 0. The molecule has 27 heavy (non-hydrogen) atoms. The molecule has 2 rings (SSSR count). The highest BCUT2D eigenvalue weighted by Gasteiger charge is 2.09. The van der Waals surface area contributed by atoms with Crippen molar-refractivity contribution in [2.75, 3.05) is 13.2 Å². The summed E-state index contributed by atoms with van der Waals surface area (Å²) in [6.07, 6.45) is 15.5. The molecule has 0 aliphatic heterocycles. The lowest BCUT2D eigenvalue weighted by molar-refractivity contribution is 0.301. The van der Waals surface area contributed by atoms with E-state index >= 15 is 0 Å². The van der Waals surface area contributed by atoms with Gasteiger partial charge in [-0.15, -0.1) is 11.3 Å². The van der Waals surface area contributed by atoms with Gasteiger partial charge in [-0.3, -0.25) is 0 Å². The molecule has 1 aromatic carbocycles. The number of thiophene rings is 1. The van der Waals surface area contributed by atoms with Crippen LogP contribution in [0, 0.1) is 0 Å². The molecule has 2 aromatic rings. The third-order valence-electron chi connectivity index (χ3n) is 5.05. The second kappa shape index (κ2) is 13.9. The van der Waals surface area contributed by atoms with Gasteiger partial charge in [0.1, 0.15) is 11.5 Å². The van der Waals surface area contributed by atoms with E-state index in [0.29, 0.717) is 0 Å². The van der Waals surface area contributed by atoms with E-state index in [9.17, 15) is 0 Å². The topological polar surface area (TPSA) is 18.5 Å². The Bertz CT molecular complexity index is 568. The Morgan fingerprint density at radius 2 is 1.15 bits per heavy atom. The predicted molar refractivity (Wildman–Crippen MR) is 120 cm³/mol. The van der Waals surface area contributed by atoms with Gasteiger partial charge in [-0.1, -0.05) is 78.1 Å². The van der Waals surface area contributed by atoms with Crippen LogP contribution >= 0.6 is 11.3 Å². The van der Waals surface area contributed by atoms with Crippen LogP contribution in [0.2, 0.25) is 0 Å². The van der Waals surface area contributed by atoms with Gasteiger partial charge in [0.2, 0.25) is 0 Å². The average Bonchev–Trinajstić information content (AvgIpc) is 3.18. The van der Waals surface area contributed by atoms with Gasteiger partial charge in [-0.25, -0.2) is 0 Å². The molecule has 0 bridgehead atoms. The first-order chi connectivity index (χ1) is 13.4. The summed E-state index contributed by atoms with van der Waals surface area (Å²) in [5.74, 6) is 2.02. The zero-order valence-electron chi connectivity index (χ0n) is 17.4. The maximum Gasteiger partial charge on any atom is 0.137 e. The van der Waals surface area contributed by atoms with Gasteiger partial charge in [-0.2, -0.15) is 0 Å². The monoisotopic (exact) mass is 390 g/mol. The van der Waals surface area contributed by atoms with Crippen molar-refractivity contribution in [3.63, 3.8) is 0 Å². The van der Waals surface area contributed by atoms with Crippen LogP contribution in [-0.4, -0.2) is 13.2 Å². The standard InChI is InChI=1S/C24H38O2S/c1-3-5-7-9-11-13-18-25-22-15-16-23(24-21(22)17-20-27-24)26-19-14-12-10-8-6-4-2/h15-17,20H,3-14,18-19H2,1-2H3. The van der Waals surface area contributed by atoms with Crippen molar-refractivity contribution in [2.24, 2.45) is 0 Å². The zero-order chi connectivity index (χ0) is 19.2. The fourth-order valence-corrected chi connectivity index (χ4v) is 4.26. The van der Waals surface area contributed by atoms with Gasteiger partial charge in [-0.05, 0) is 36.4 Å². The van der Waals surface area contributed by atoms with Crippen molar-refractivity contribution in [3.8, 4) is 11.5 Å². The fraction of sp³-hybridized carbons (Fsp3) is 0.667. The minimum Gasteiger partial charge on any atom is -0.493 e. The summed E-state index contributed by atoms with van der Waals surface area (Å²) in [5, 5.41) is 3.34. The molecular weight excluding hydrogens is 352 g/mol.